The third-order valence-corrected chi connectivity index (χ3v) is 6.47. The second kappa shape index (κ2) is 6.43. The molecule has 0 unspecified atom stereocenters. The van der Waals surface area contributed by atoms with Crippen LogP contribution < -0.4 is 10.0 Å². The third kappa shape index (κ3) is 3.82. The van der Waals surface area contributed by atoms with Gasteiger partial charge in [-0.25, -0.2) is 12.8 Å². The number of hydrogen-bond donors (Lipinski definition) is 2. The van der Waals surface area contributed by atoms with E-state index in [9.17, 15) is 12.8 Å². The van der Waals surface area contributed by atoms with Crippen molar-refractivity contribution in [2.24, 2.45) is 0 Å². The number of benzene rings is 1. The molecule has 0 saturated heterocycles. The van der Waals surface area contributed by atoms with Crippen molar-refractivity contribution in [1.82, 2.24) is 5.32 Å². The minimum Gasteiger partial charge on any atom is -0.315 e. The zero-order valence-corrected chi connectivity index (χ0v) is 14.6. The van der Waals surface area contributed by atoms with Crippen LogP contribution >= 0.6 is 27.3 Å². The highest BCUT2D eigenvalue weighted by Gasteiger charge is 2.19. The van der Waals surface area contributed by atoms with Gasteiger partial charge >= 0.3 is 0 Å². The molecule has 2 rings (SSSR count). The van der Waals surface area contributed by atoms with Crippen molar-refractivity contribution in [1.29, 1.82) is 0 Å². The number of aryl methyl sites for hydroxylation is 1. The van der Waals surface area contributed by atoms with Crippen molar-refractivity contribution in [2.75, 3.05) is 11.8 Å². The molecule has 8 heteroatoms. The van der Waals surface area contributed by atoms with E-state index in [1.54, 1.807) is 6.07 Å². The Labute approximate surface area is 135 Å². The maximum atomic E-state index is 13.2. The number of halogens is 2. The first-order valence-corrected chi connectivity index (χ1v) is 9.14. The van der Waals surface area contributed by atoms with Gasteiger partial charge in [0.1, 0.15) is 10.0 Å². The van der Waals surface area contributed by atoms with Gasteiger partial charge in [0.2, 0.25) is 0 Å². The molecule has 0 spiro atoms. The molecular weight excluding hydrogens is 379 g/mol. The van der Waals surface area contributed by atoms with Crippen LogP contribution in [0.25, 0.3) is 0 Å². The van der Waals surface area contributed by atoms with Crippen molar-refractivity contribution in [3.05, 3.63) is 45.0 Å². The number of sulfonamides is 1. The molecule has 1 aromatic carbocycles. The van der Waals surface area contributed by atoms with E-state index in [4.69, 9.17) is 0 Å². The van der Waals surface area contributed by atoms with Gasteiger partial charge in [-0.05, 0) is 59.7 Å². The quantitative estimate of drug-likeness (QED) is 0.818. The van der Waals surface area contributed by atoms with Crippen molar-refractivity contribution in [3.63, 3.8) is 0 Å². The first kappa shape index (κ1) is 16.4. The van der Waals surface area contributed by atoms with Gasteiger partial charge in [0.15, 0.2) is 0 Å². The van der Waals surface area contributed by atoms with Crippen LogP contribution in [0.15, 0.2) is 32.9 Å². The van der Waals surface area contributed by atoms with Gasteiger partial charge < -0.3 is 5.32 Å². The summed E-state index contributed by atoms with van der Waals surface area (Å²) in [6.45, 7) is 2.49. The summed E-state index contributed by atoms with van der Waals surface area (Å²) in [4.78, 5) is 0.971. The lowest BCUT2D eigenvalue weighted by molar-refractivity contribution is 0.602. The summed E-state index contributed by atoms with van der Waals surface area (Å²) in [7, 11) is -1.86. The summed E-state index contributed by atoms with van der Waals surface area (Å²) in [5, 5.41) is 3.00. The normalized spacial score (nSPS) is 11.6. The first-order valence-electron chi connectivity index (χ1n) is 6.05. The molecule has 0 saturated carbocycles. The largest absolute Gasteiger partial charge is 0.315 e. The molecule has 4 nitrogen and oxygen atoms in total. The van der Waals surface area contributed by atoms with E-state index in [0.717, 1.165) is 10.4 Å². The van der Waals surface area contributed by atoms with E-state index in [-0.39, 0.29) is 8.68 Å². The van der Waals surface area contributed by atoms with Gasteiger partial charge in [-0.15, -0.1) is 11.3 Å². The Kier molecular flexibility index (Phi) is 5.03. The van der Waals surface area contributed by atoms with Crippen LogP contribution in [0.1, 0.15) is 10.4 Å². The van der Waals surface area contributed by atoms with Crippen molar-refractivity contribution >= 4 is 43.0 Å². The fraction of sp³-hybridized carbons (Fsp3) is 0.231. The predicted molar refractivity (Wildman–Crippen MR) is 86.7 cm³/mol. The Balaban J connectivity index is 2.29. The van der Waals surface area contributed by atoms with Crippen LogP contribution in [0.2, 0.25) is 0 Å². The third-order valence-electron chi connectivity index (χ3n) is 2.77. The number of anilines is 1. The van der Waals surface area contributed by atoms with Crippen LogP contribution in [0.3, 0.4) is 0 Å². The summed E-state index contributed by atoms with van der Waals surface area (Å²) in [5.41, 5.74) is 1.24. The van der Waals surface area contributed by atoms with E-state index in [1.807, 2.05) is 14.0 Å². The van der Waals surface area contributed by atoms with Crippen LogP contribution in [0.4, 0.5) is 10.1 Å². The Bertz CT molecular complexity index is 760. The van der Waals surface area contributed by atoms with Gasteiger partial charge in [0, 0.05) is 11.4 Å². The molecule has 21 heavy (non-hydrogen) atoms. The highest BCUT2D eigenvalue weighted by molar-refractivity contribution is 9.10. The van der Waals surface area contributed by atoms with Gasteiger partial charge in [-0.1, -0.05) is 0 Å². The molecule has 0 aliphatic rings. The lowest BCUT2D eigenvalue weighted by atomic mass is 10.3. The molecule has 114 valence electrons. The average Bonchev–Trinajstić information content (AvgIpc) is 2.77. The van der Waals surface area contributed by atoms with Crippen LogP contribution in [-0.4, -0.2) is 15.5 Å². The Morgan fingerprint density at radius 3 is 2.67 bits per heavy atom. The van der Waals surface area contributed by atoms with Gasteiger partial charge in [-0.2, -0.15) is 0 Å². The zero-order chi connectivity index (χ0) is 15.6. The molecule has 0 aliphatic heterocycles. The van der Waals surface area contributed by atoms with Crippen LogP contribution in [0, 0.1) is 12.7 Å². The fourth-order valence-electron chi connectivity index (χ4n) is 1.72. The smallest absolute Gasteiger partial charge is 0.271 e. The highest BCUT2D eigenvalue weighted by Crippen LogP contribution is 2.28. The minimum atomic E-state index is -3.67. The summed E-state index contributed by atoms with van der Waals surface area (Å²) < 4.78 is 40.7. The van der Waals surface area contributed by atoms with E-state index >= 15 is 0 Å². The van der Waals surface area contributed by atoms with Crippen molar-refractivity contribution < 1.29 is 12.8 Å². The average molecular weight is 393 g/mol. The molecule has 0 aliphatic carbocycles. The summed E-state index contributed by atoms with van der Waals surface area (Å²) >= 11 is 4.25. The fourth-order valence-corrected chi connectivity index (χ4v) is 4.75. The van der Waals surface area contributed by atoms with Gasteiger partial charge in [0.25, 0.3) is 10.0 Å². The lowest BCUT2D eigenvalue weighted by Gasteiger charge is -2.06. The molecule has 0 bridgehead atoms. The lowest BCUT2D eigenvalue weighted by Crippen LogP contribution is -2.11. The van der Waals surface area contributed by atoms with Crippen molar-refractivity contribution in [2.45, 2.75) is 17.7 Å². The number of nitrogens with one attached hydrogen (secondary N) is 2. The summed E-state index contributed by atoms with van der Waals surface area (Å²) in [6.07, 6.45) is 0. The number of rotatable bonds is 5. The molecule has 0 atom stereocenters. The van der Waals surface area contributed by atoms with Gasteiger partial charge in [0.05, 0.1) is 10.2 Å². The molecular formula is C13H14BrFN2O2S2. The van der Waals surface area contributed by atoms with Gasteiger partial charge in [-0.3, -0.25) is 4.72 Å². The van der Waals surface area contributed by atoms with E-state index in [1.165, 1.54) is 29.5 Å². The number of hydrogen-bond acceptors (Lipinski definition) is 4. The predicted octanol–water partition coefficient (Wildman–Crippen LogP) is 3.48. The first-order chi connectivity index (χ1) is 9.83. The van der Waals surface area contributed by atoms with E-state index in [2.05, 4.69) is 26.0 Å². The van der Waals surface area contributed by atoms with Crippen LogP contribution in [-0.2, 0) is 16.6 Å². The second-order valence-corrected chi connectivity index (χ2v) is 8.34. The monoisotopic (exact) mass is 392 g/mol. The minimum absolute atomic E-state index is 0.209. The molecule has 2 N–H and O–H groups in total. The van der Waals surface area contributed by atoms with Crippen molar-refractivity contribution in [3.8, 4) is 0 Å². The maximum absolute atomic E-state index is 13.2. The summed E-state index contributed by atoms with van der Waals surface area (Å²) in [6, 6.07) is 5.61. The molecule has 0 amide bonds. The van der Waals surface area contributed by atoms with Crippen LogP contribution in [0.5, 0.6) is 0 Å². The van der Waals surface area contributed by atoms with E-state index < -0.39 is 15.8 Å². The Morgan fingerprint density at radius 2 is 2.05 bits per heavy atom. The standard InChI is InChI=1S/C13H14BrFN2O2S2/c1-8-5-13(20-12(8)7-16-2)21(18,19)17-9-3-4-11(15)10(14)6-9/h3-6,16-17H,7H2,1-2H3. The molecule has 0 fully saturated rings. The second-order valence-electron chi connectivity index (χ2n) is 4.44. The topological polar surface area (TPSA) is 58.2 Å². The highest BCUT2D eigenvalue weighted by atomic mass is 79.9. The molecule has 1 aromatic heterocycles. The number of thiophene rings is 1. The molecule has 0 radical (unpaired) electrons. The zero-order valence-electron chi connectivity index (χ0n) is 11.4. The SMILES string of the molecule is CNCc1sc(S(=O)(=O)Nc2ccc(F)c(Br)c2)cc1C. The Morgan fingerprint density at radius 1 is 1.33 bits per heavy atom. The Hall–Kier alpha value is -0.960. The molecule has 1 heterocycles. The molecule has 2 aromatic rings. The maximum Gasteiger partial charge on any atom is 0.271 e. The summed E-state index contributed by atoms with van der Waals surface area (Å²) in [5.74, 6) is -0.443. The van der Waals surface area contributed by atoms with E-state index in [0.29, 0.717) is 12.2 Å².